The fourth-order valence-electron chi connectivity index (χ4n) is 2.54. The van der Waals surface area contributed by atoms with Crippen molar-refractivity contribution in [3.8, 4) is 11.4 Å². The van der Waals surface area contributed by atoms with Crippen molar-refractivity contribution in [2.45, 2.75) is 32.8 Å². The highest BCUT2D eigenvalue weighted by Crippen LogP contribution is 2.20. The second-order valence-corrected chi connectivity index (χ2v) is 6.98. The summed E-state index contributed by atoms with van der Waals surface area (Å²) in [4.78, 5) is 19.6. The number of rotatable bonds is 4. The SMILES string of the molecule is CC(C)(C)OC(=O)NCCc1ccc(-c2nc3ccccc3[nH]2)cc1. The highest BCUT2D eigenvalue weighted by Gasteiger charge is 2.15. The molecule has 130 valence electrons. The summed E-state index contributed by atoms with van der Waals surface area (Å²) in [5.74, 6) is 0.861. The molecule has 1 heterocycles. The van der Waals surface area contributed by atoms with E-state index in [1.807, 2.05) is 57.2 Å². The molecule has 0 bridgehead atoms. The minimum Gasteiger partial charge on any atom is -0.444 e. The fourth-order valence-corrected chi connectivity index (χ4v) is 2.54. The van der Waals surface area contributed by atoms with Gasteiger partial charge in [-0.15, -0.1) is 0 Å². The molecule has 0 spiro atoms. The largest absolute Gasteiger partial charge is 0.444 e. The fraction of sp³-hybridized carbons (Fsp3) is 0.300. The Hall–Kier alpha value is -2.82. The van der Waals surface area contributed by atoms with Crippen molar-refractivity contribution in [1.29, 1.82) is 0 Å². The van der Waals surface area contributed by atoms with Gasteiger partial charge in [0.2, 0.25) is 0 Å². The average Bonchev–Trinajstić information content (AvgIpc) is 2.98. The van der Waals surface area contributed by atoms with Gasteiger partial charge in [-0.1, -0.05) is 36.4 Å². The number of H-pyrrole nitrogens is 1. The van der Waals surface area contributed by atoms with Crippen LogP contribution in [0.4, 0.5) is 4.79 Å². The lowest BCUT2D eigenvalue weighted by Crippen LogP contribution is -2.33. The number of hydrogen-bond acceptors (Lipinski definition) is 3. The summed E-state index contributed by atoms with van der Waals surface area (Å²) in [6, 6.07) is 16.2. The molecule has 0 saturated carbocycles. The number of carbonyl (C=O) groups is 1. The Morgan fingerprint density at radius 2 is 1.84 bits per heavy atom. The molecular weight excluding hydrogens is 314 g/mol. The Balaban J connectivity index is 1.58. The van der Waals surface area contributed by atoms with E-state index in [4.69, 9.17) is 4.74 Å². The number of hydrogen-bond donors (Lipinski definition) is 2. The van der Waals surface area contributed by atoms with Crippen LogP contribution in [0.25, 0.3) is 22.4 Å². The van der Waals surface area contributed by atoms with Gasteiger partial charge in [0, 0.05) is 12.1 Å². The van der Waals surface area contributed by atoms with Crippen molar-refractivity contribution >= 4 is 17.1 Å². The summed E-state index contributed by atoms with van der Waals surface area (Å²) < 4.78 is 5.22. The zero-order valence-corrected chi connectivity index (χ0v) is 14.8. The van der Waals surface area contributed by atoms with Crippen molar-refractivity contribution in [2.75, 3.05) is 6.54 Å². The molecule has 5 nitrogen and oxygen atoms in total. The van der Waals surface area contributed by atoms with E-state index in [0.29, 0.717) is 6.54 Å². The maximum Gasteiger partial charge on any atom is 0.407 e. The first kappa shape index (κ1) is 17.0. The van der Waals surface area contributed by atoms with Crippen LogP contribution < -0.4 is 5.32 Å². The third-order valence-electron chi connectivity index (χ3n) is 3.70. The number of para-hydroxylation sites is 2. The Morgan fingerprint density at radius 1 is 1.12 bits per heavy atom. The summed E-state index contributed by atoms with van der Waals surface area (Å²) in [7, 11) is 0. The van der Waals surface area contributed by atoms with E-state index in [1.54, 1.807) is 0 Å². The standard InChI is InChI=1S/C20H23N3O2/c1-20(2,3)25-19(24)21-13-12-14-8-10-15(11-9-14)18-22-16-6-4-5-7-17(16)23-18/h4-11H,12-13H2,1-3H3,(H,21,24)(H,22,23). The predicted octanol–water partition coefficient (Wildman–Crippen LogP) is 4.30. The summed E-state index contributed by atoms with van der Waals surface area (Å²) in [6.07, 6.45) is 0.367. The van der Waals surface area contributed by atoms with E-state index in [-0.39, 0.29) is 6.09 Å². The van der Waals surface area contributed by atoms with Gasteiger partial charge in [0.25, 0.3) is 0 Å². The minimum atomic E-state index is -0.474. The van der Waals surface area contributed by atoms with Crippen LogP contribution in [0, 0.1) is 0 Å². The second-order valence-electron chi connectivity index (χ2n) is 6.98. The number of fused-ring (bicyclic) bond motifs is 1. The Kier molecular flexibility index (Phi) is 4.74. The smallest absolute Gasteiger partial charge is 0.407 e. The van der Waals surface area contributed by atoms with E-state index in [9.17, 15) is 4.79 Å². The molecule has 1 amide bonds. The molecule has 25 heavy (non-hydrogen) atoms. The number of nitrogens with zero attached hydrogens (tertiary/aromatic N) is 1. The Bertz CT molecular complexity index is 828. The lowest BCUT2D eigenvalue weighted by molar-refractivity contribution is 0.0528. The van der Waals surface area contributed by atoms with Crippen molar-refractivity contribution in [3.05, 3.63) is 54.1 Å². The lowest BCUT2D eigenvalue weighted by Gasteiger charge is -2.19. The molecule has 0 atom stereocenters. The molecule has 5 heteroatoms. The van der Waals surface area contributed by atoms with Crippen LogP contribution in [0.2, 0.25) is 0 Å². The maximum absolute atomic E-state index is 11.6. The zero-order chi connectivity index (χ0) is 17.9. The van der Waals surface area contributed by atoms with Crippen molar-refractivity contribution in [3.63, 3.8) is 0 Å². The quantitative estimate of drug-likeness (QED) is 0.746. The normalized spacial score (nSPS) is 11.5. The van der Waals surface area contributed by atoms with Crippen LogP contribution >= 0.6 is 0 Å². The van der Waals surface area contributed by atoms with E-state index >= 15 is 0 Å². The number of amides is 1. The van der Waals surface area contributed by atoms with E-state index < -0.39 is 5.60 Å². The van der Waals surface area contributed by atoms with Gasteiger partial charge in [-0.05, 0) is 44.9 Å². The van der Waals surface area contributed by atoms with Gasteiger partial charge in [0.05, 0.1) is 11.0 Å². The first-order chi connectivity index (χ1) is 11.9. The molecule has 3 aromatic rings. The molecule has 3 rings (SSSR count). The summed E-state index contributed by atoms with van der Waals surface area (Å²) >= 11 is 0. The third-order valence-corrected chi connectivity index (χ3v) is 3.70. The minimum absolute atomic E-state index is 0.383. The lowest BCUT2D eigenvalue weighted by atomic mass is 10.1. The van der Waals surface area contributed by atoms with Gasteiger partial charge < -0.3 is 15.0 Å². The molecule has 0 saturated heterocycles. The molecule has 0 aliphatic rings. The third kappa shape index (κ3) is 4.59. The Labute approximate surface area is 147 Å². The highest BCUT2D eigenvalue weighted by atomic mass is 16.6. The van der Waals surface area contributed by atoms with Crippen LogP contribution in [-0.2, 0) is 11.2 Å². The topological polar surface area (TPSA) is 67.0 Å². The number of benzene rings is 2. The molecule has 0 radical (unpaired) electrons. The van der Waals surface area contributed by atoms with Gasteiger partial charge in [0.1, 0.15) is 11.4 Å². The maximum atomic E-state index is 11.6. The molecule has 0 aliphatic heterocycles. The number of aromatic amines is 1. The van der Waals surface area contributed by atoms with Gasteiger partial charge in [-0.2, -0.15) is 0 Å². The number of ether oxygens (including phenoxy) is 1. The van der Waals surface area contributed by atoms with Gasteiger partial charge in [-0.25, -0.2) is 9.78 Å². The van der Waals surface area contributed by atoms with Crippen LogP contribution in [0.1, 0.15) is 26.3 Å². The zero-order valence-electron chi connectivity index (χ0n) is 14.8. The van der Waals surface area contributed by atoms with Gasteiger partial charge in [-0.3, -0.25) is 0 Å². The van der Waals surface area contributed by atoms with Gasteiger partial charge in [0.15, 0.2) is 0 Å². The number of nitrogens with one attached hydrogen (secondary N) is 2. The number of alkyl carbamates (subject to hydrolysis) is 1. The molecular formula is C20H23N3O2. The first-order valence-corrected chi connectivity index (χ1v) is 8.42. The monoisotopic (exact) mass is 337 g/mol. The van der Waals surface area contributed by atoms with Crippen LogP contribution in [-0.4, -0.2) is 28.2 Å². The van der Waals surface area contributed by atoms with Crippen molar-refractivity contribution < 1.29 is 9.53 Å². The van der Waals surface area contributed by atoms with Crippen LogP contribution in [0.5, 0.6) is 0 Å². The summed E-state index contributed by atoms with van der Waals surface area (Å²) in [5, 5.41) is 2.77. The van der Waals surface area contributed by atoms with E-state index in [2.05, 4.69) is 27.4 Å². The van der Waals surface area contributed by atoms with E-state index in [0.717, 1.165) is 34.4 Å². The number of imidazole rings is 1. The van der Waals surface area contributed by atoms with E-state index in [1.165, 1.54) is 0 Å². The molecule has 2 N–H and O–H groups in total. The molecule has 0 unspecified atom stereocenters. The predicted molar refractivity (Wildman–Crippen MR) is 99.5 cm³/mol. The second kappa shape index (κ2) is 6.97. The molecule has 2 aromatic carbocycles. The number of aromatic nitrogens is 2. The van der Waals surface area contributed by atoms with Gasteiger partial charge >= 0.3 is 6.09 Å². The summed E-state index contributed by atoms with van der Waals surface area (Å²) in [6.45, 7) is 6.09. The Morgan fingerprint density at radius 3 is 2.52 bits per heavy atom. The molecule has 0 aliphatic carbocycles. The summed E-state index contributed by atoms with van der Waals surface area (Å²) in [5.41, 5.74) is 3.71. The van der Waals surface area contributed by atoms with Crippen LogP contribution in [0.15, 0.2) is 48.5 Å². The average molecular weight is 337 g/mol. The first-order valence-electron chi connectivity index (χ1n) is 8.42. The van der Waals surface area contributed by atoms with Crippen molar-refractivity contribution in [2.24, 2.45) is 0 Å². The molecule has 0 fully saturated rings. The highest BCUT2D eigenvalue weighted by molar-refractivity contribution is 5.79. The molecule has 1 aromatic heterocycles. The number of carbonyl (C=O) groups excluding carboxylic acids is 1. The van der Waals surface area contributed by atoms with Crippen molar-refractivity contribution in [1.82, 2.24) is 15.3 Å². The van der Waals surface area contributed by atoms with Crippen LogP contribution in [0.3, 0.4) is 0 Å².